The fourth-order valence-electron chi connectivity index (χ4n) is 3.48. The number of nitrogens with one attached hydrogen (secondary N) is 3. The molecule has 3 heterocycles. The Labute approximate surface area is 207 Å². The van der Waals surface area contributed by atoms with Crippen molar-refractivity contribution in [1.82, 2.24) is 24.9 Å². The monoisotopic (exact) mass is 512 g/mol. The molecule has 4 rings (SSSR count). The summed E-state index contributed by atoms with van der Waals surface area (Å²) < 4.78 is 24.0. The second-order valence-corrected chi connectivity index (χ2v) is 11.3. The van der Waals surface area contributed by atoms with Crippen LogP contribution >= 0.6 is 11.8 Å². The SMILES string of the molecule is CC1(NC(=O)CNC(=O)c2ccn(S(C)(=O)=O)c2)NC(c2cccc(-c3ccnc(N)c3)c2)=CS1. The van der Waals surface area contributed by atoms with Crippen LogP contribution in [0.4, 0.5) is 5.82 Å². The maximum absolute atomic E-state index is 12.5. The van der Waals surface area contributed by atoms with Gasteiger partial charge in [-0.15, -0.1) is 0 Å². The molecular weight excluding hydrogens is 488 g/mol. The zero-order valence-electron chi connectivity index (χ0n) is 19.0. The van der Waals surface area contributed by atoms with Crippen LogP contribution in [-0.4, -0.2) is 47.0 Å². The first kappa shape index (κ1) is 24.4. The number of nitrogens with zero attached hydrogens (tertiary/aromatic N) is 2. The molecule has 1 atom stereocenters. The number of anilines is 1. The first-order valence-electron chi connectivity index (χ1n) is 10.5. The van der Waals surface area contributed by atoms with Gasteiger partial charge in [-0.3, -0.25) is 13.6 Å². The van der Waals surface area contributed by atoms with Crippen molar-refractivity contribution >= 4 is 45.1 Å². The number of benzene rings is 1. The van der Waals surface area contributed by atoms with Gasteiger partial charge in [0.15, 0.2) is 4.99 Å². The molecule has 1 aliphatic heterocycles. The van der Waals surface area contributed by atoms with Crippen molar-refractivity contribution in [2.75, 3.05) is 18.5 Å². The van der Waals surface area contributed by atoms with Crippen molar-refractivity contribution in [3.05, 3.63) is 77.6 Å². The molecule has 0 saturated carbocycles. The van der Waals surface area contributed by atoms with E-state index in [-0.39, 0.29) is 12.1 Å². The number of carbonyl (C=O) groups excluding carboxylic acids is 2. The summed E-state index contributed by atoms with van der Waals surface area (Å²) in [4.78, 5) is 28.0. The Kier molecular flexibility index (Phi) is 6.59. The molecule has 2 amide bonds. The highest BCUT2D eigenvalue weighted by molar-refractivity contribution is 8.03. The predicted octanol–water partition coefficient (Wildman–Crippen LogP) is 1.79. The van der Waals surface area contributed by atoms with Gasteiger partial charge in [0.25, 0.3) is 5.91 Å². The molecule has 5 N–H and O–H groups in total. The number of thioether (sulfide) groups is 1. The first-order valence-corrected chi connectivity index (χ1v) is 13.2. The van der Waals surface area contributed by atoms with Crippen LogP contribution in [0.25, 0.3) is 16.8 Å². The third kappa shape index (κ3) is 5.84. The van der Waals surface area contributed by atoms with Crippen molar-refractivity contribution in [3.63, 3.8) is 0 Å². The highest BCUT2D eigenvalue weighted by Crippen LogP contribution is 2.34. The highest BCUT2D eigenvalue weighted by Gasteiger charge is 2.32. The largest absolute Gasteiger partial charge is 0.384 e. The Hall–Kier alpha value is -3.77. The molecule has 0 saturated heterocycles. The zero-order valence-corrected chi connectivity index (χ0v) is 20.6. The van der Waals surface area contributed by atoms with E-state index < -0.39 is 26.8 Å². The minimum Gasteiger partial charge on any atom is -0.384 e. The number of pyridine rings is 1. The number of amides is 2. The molecule has 3 aromatic rings. The number of hydrogen-bond acceptors (Lipinski definition) is 8. The van der Waals surface area contributed by atoms with E-state index in [2.05, 4.69) is 20.9 Å². The van der Waals surface area contributed by atoms with E-state index in [1.165, 1.54) is 30.2 Å². The van der Waals surface area contributed by atoms with Gasteiger partial charge in [0.05, 0.1) is 24.1 Å². The Bertz CT molecular complexity index is 1430. The first-order chi connectivity index (χ1) is 16.5. The molecule has 12 heteroatoms. The van der Waals surface area contributed by atoms with Crippen LogP contribution in [0.15, 0.2) is 66.5 Å². The number of aromatic nitrogens is 2. The Balaban J connectivity index is 1.34. The predicted molar refractivity (Wildman–Crippen MR) is 136 cm³/mol. The molecule has 1 aromatic carbocycles. The third-order valence-corrected chi connectivity index (χ3v) is 7.20. The van der Waals surface area contributed by atoms with Crippen LogP contribution in [0, 0.1) is 0 Å². The lowest BCUT2D eigenvalue weighted by molar-refractivity contribution is -0.121. The third-order valence-electron chi connectivity index (χ3n) is 5.17. The van der Waals surface area contributed by atoms with E-state index >= 15 is 0 Å². The molecule has 1 aliphatic rings. The molecular formula is C23H24N6O4S2. The smallest absolute Gasteiger partial charge is 0.253 e. The van der Waals surface area contributed by atoms with Crippen LogP contribution < -0.4 is 21.7 Å². The molecule has 35 heavy (non-hydrogen) atoms. The van der Waals surface area contributed by atoms with Gasteiger partial charge in [-0.25, -0.2) is 13.4 Å². The van der Waals surface area contributed by atoms with Crippen LogP contribution in [-0.2, 0) is 14.8 Å². The number of carbonyl (C=O) groups is 2. The minimum atomic E-state index is -3.49. The highest BCUT2D eigenvalue weighted by atomic mass is 32.2. The Morgan fingerprint density at radius 3 is 2.63 bits per heavy atom. The number of nitrogen functional groups attached to an aromatic ring is 1. The summed E-state index contributed by atoms with van der Waals surface area (Å²) >= 11 is 1.40. The molecule has 0 bridgehead atoms. The van der Waals surface area contributed by atoms with E-state index in [0.717, 1.165) is 32.6 Å². The second kappa shape index (κ2) is 9.47. The fourth-order valence-corrected chi connectivity index (χ4v) is 4.96. The summed E-state index contributed by atoms with van der Waals surface area (Å²) in [6.45, 7) is 1.55. The standard InChI is InChI=1S/C23H24N6O4S2/c1-23(28-21(30)12-26-22(31)18-7-9-29(13-18)35(2,32)33)27-19(14-34-23)17-5-3-4-15(10-17)16-6-8-25-20(24)11-16/h3-11,13-14,27H,12H2,1-2H3,(H2,24,25)(H,26,31)(H,28,30). The van der Waals surface area contributed by atoms with Crippen molar-refractivity contribution in [1.29, 1.82) is 0 Å². The van der Waals surface area contributed by atoms with Crippen LogP contribution in [0.3, 0.4) is 0 Å². The van der Waals surface area contributed by atoms with Crippen LogP contribution in [0.1, 0.15) is 22.8 Å². The van der Waals surface area contributed by atoms with Gasteiger partial charge in [-0.2, -0.15) is 0 Å². The normalized spacial score (nSPS) is 17.4. The Morgan fingerprint density at radius 2 is 1.91 bits per heavy atom. The summed E-state index contributed by atoms with van der Waals surface area (Å²) in [6, 6.07) is 13.0. The average Bonchev–Trinajstić information content (AvgIpc) is 3.45. The van der Waals surface area contributed by atoms with E-state index in [1.807, 2.05) is 42.7 Å². The minimum absolute atomic E-state index is 0.141. The van der Waals surface area contributed by atoms with Crippen LogP contribution in [0.2, 0.25) is 0 Å². The molecule has 1 unspecified atom stereocenters. The maximum Gasteiger partial charge on any atom is 0.253 e. The van der Waals surface area contributed by atoms with E-state index in [9.17, 15) is 18.0 Å². The average molecular weight is 513 g/mol. The van der Waals surface area contributed by atoms with E-state index in [0.29, 0.717) is 5.82 Å². The molecule has 0 aliphatic carbocycles. The molecule has 0 radical (unpaired) electrons. The fraction of sp³-hybridized carbons (Fsp3) is 0.174. The van der Waals surface area contributed by atoms with E-state index in [4.69, 9.17) is 5.73 Å². The summed E-state index contributed by atoms with van der Waals surface area (Å²) in [5.74, 6) is -0.511. The van der Waals surface area contributed by atoms with Gasteiger partial charge < -0.3 is 21.7 Å². The lowest BCUT2D eigenvalue weighted by atomic mass is 10.0. The quantitative estimate of drug-likeness (QED) is 0.375. The summed E-state index contributed by atoms with van der Waals surface area (Å²) in [5, 5.41) is 10.6. The van der Waals surface area contributed by atoms with Crippen LogP contribution in [0.5, 0.6) is 0 Å². The molecule has 182 valence electrons. The molecule has 0 fully saturated rings. The summed E-state index contributed by atoms with van der Waals surface area (Å²) in [5.41, 5.74) is 9.65. The summed E-state index contributed by atoms with van der Waals surface area (Å²) in [6.07, 6.45) is 5.16. The second-order valence-electron chi connectivity index (χ2n) is 8.08. The van der Waals surface area contributed by atoms with Gasteiger partial charge in [0.1, 0.15) is 5.82 Å². The van der Waals surface area contributed by atoms with Crippen molar-refractivity contribution in [3.8, 4) is 11.1 Å². The van der Waals surface area contributed by atoms with Gasteiger partial charge >= 0.3 is 0 Å². The maximum atomic E-state index is 12.5. The van der Waals surface area contributed by atoms with Gasteiger partial charge in [0, 0.05) is 18.6 Å². The molecule has 10 nitrogen and oxygen atoms in total. The van der Waals surface area contributed by atoms with Crippen molar-refractivity contribution < 1.29 is 18.0 Å². The number of nitrogens with two attached hydrogens (primary N) is 1. The van der Waals surface area contributed by atoms with E-state index in [1.54, 1.807) is 12.3 Å². The summed E-state index contributed by atoms with van der Waals surface area (Å²) in [7, 11) is -3.49. The van der Waals surface area contributed by atoms with Gasteiger partial charge in [-0.05, 0) is 53.3 Å². The topological polar surface area (TPSA) is 148 Å². The Morgan fingerprint density at radius 1 is 1.17 bits per heavy atom. The lowest BCUT2D eigenvalue weighted by Gasteiger charge is -2.27. The zero-order chi connectivity index (χ0) is 25.2. The van der Waals surface area contributed by atoms with Gasteiger partial charge in [-0.1, -0.05) is 30.0 Å². The van der Waals surface area contributed by atoms with Gasteiger partial charge in [0.2, 0.25) is 15.9 Å². The molecule has 2 aromatic heterocycles. The lowest BCUT2D eigenvalue weighted by Crippen LogP contribution is -2.53. The molecule has 0 spiro atoms. The van der Waals surface area contributed by atoms with Crippen molar-refractivity contribution in [2.45, 2.75) is 11.9 Å². The number of rotatable bonds is 7. The number of hydrogen-bond donors (Lipinski definition) is 4. The van der Waals surface area contributed by atoms with Crippen molar-refractivity contribution in [2.24, 2.45) is 0 Å².